The Hall–Kier alpha value is -2.87. The van der Waals surface area contributed by atoms with E-state index in [-0.39, 0.29) is 6.54 Å². The van der Waals surface area contributed by atoms with Crippen LogP contribution < -0.4 is 5.73 Å². The predicted molar refractivity (Wildman–Crippen MR) is 74.0 cm³/mol. The van der Waals surface area contributed by atoms with Gasteiger partial charge in [-0.05, 0) is 6.07 Å². The van der Waals surface area contributed by atoms with E-state index in [0.717, 1.165) is 22.2 Å². The summed E-state index contributed by atoms with van der Waals surface area (Å²) in [6.45, 7) is 7.40. The fraction of sp³-hybridized carbons (Fsp3) is 0.0714. The summed E-state index contributed by atoms with van der Waals surface area (Å²) in [6, 6.07) is 7.86. The summed E-state index contributed by atoms with van der Waals surface area (Å²) in [5.41, 5.74) is 9.13. The van der Waals surface area contributed by atoms with E-state index < -0.39 is 0 Å². The monoisotopic (exact) mass is 249 g/mol. The van der Waals surface area contributed by atoms with E-state index >= 15 is 0 Å². The van der Waals surface area contributed by atoms with E-state index in [1.807, 2.05) is 24.3 Å². The van der Waals surface area contributed by atoms with Crippen molar-refractivity contribution in [1.29, 1.82) is 0 Å². The molecule has 0 bridgehead atoms. The Bertz CT molecular complexity index is 782. The molecule has 0 spiro atoms. The number of nitrogens with zero attached hydrogens (tertiary/aromatic N) is 3. The minimum absolute atomic E-state index is 0.287. The van der Waals surface area contributed by atoms with Crippen molar-refractivity contribution < 1.29 is 0 Å². The van der Waals surface area contributed by atoms with Gasteiger partial charge in [-0.1, -0.05) is 18.2 Å². The van der Waals surface area contributed by atoms with Gasteiger partial charge in [0.05, 0.1) is 11.3 Å². The zero-order chi connectivity index (χ0) is 13.2. The number of H-pyrrole nitrogens is 1. The van der Waals surface area contributed by atoms with Crippen LogP contribution in [0, 0.1) is 6.57 Å². The largest absolute Gasteiger partial charge is 0.382 e. The van der Waals surface area contributed by atoms with E-state index in [1.54, 1.807) is 12.4 Å². The summed E-state index contributed by atoms with van der Waals surface area (Å²) < 4.78 is 0. The third-order valence-corrected chi connectivity index (χ3v) is 3.01. The molecule has 0 atom stereocenters. The summed E-state index contributed by atoms with van der Waals surface area (Å²) in [5.74, 6) is 0.361. The van der Waals surface area contributed by atoms with Crippen LogP contribution in [0.3, 0.4) is 0 Å². The second kappa shape index (κ2) is 4.42. The highest BCUT2D eigenvalue weighted by Gasteiger charge is 2.17. The lowest BCUT2D eigenvalue weighted by Gasteiger charge is -2.02. The molecular weight excluding hydrogens is 238 g/mol. The fourth-order valence-corrected chi connectivity index (χ4v) is 2.19. The van der Waals surface area contributed by atoms with Crippen LogP contribution in [0.25, 0.3) is 27.1 Å². The van der Waals surface area contributed by atoms with Gasteiger partial charge in [-0.2, -0.15) is 0 Å². The van der Waals surface area contributed by atoms with Crippen LogP contribution >= 0.6 is 0 Å². The van der Waals surface area contributed by atoms with Gasteiger partial charge in [-0.3, -0.25) is 0 Å². The molecule has 0 fully saturated rings. The molecule has 5 nitrogen and oxygen atoms in total. The van der Waals surface area contributed by atoms with Crippen molar-refractivity contribution in [2.75, 3.05) is 5.73 Å². The molecule has 0 aliphatic rings. The van der Waals surface area contributed by atoms with Crippen molar-refractivity contribution in [3.05, 3.63) is 53.6 Å². The number of nitrogens with two attached hydrogens (primary N) is 1. The zero-order valence-electron chi connectivity index (χ0n) is 10.1. The Labute approximate surface area is 109 Å². The van der Waals surface area contributed by atoms with Crippen molar-refractivity contribution in [1.82, 2.24) is 15.0 Å². The van der Waals surface area contributed by atoms with Gasteiger partial charge in [0, 0.05) is 23.3 Å². The Kier molecular flexibility index (Phi) is 2.62. The fourth-order valence-electron chi connectivity index (χ4n) is 2.19. The third kappa shape index (κ3) is 1.79. The van der Waals surface area contributed by atoms with Crippen LogP contribution in [0.1, 0.15) is 5.56 Å². The first kappa shape index (κ1) is 11.2. The molecule has 92 valence electrons. The van der Waals surface area contributed by atoms with Gasteiger partial charge < -0.3 is 15.6 Å². The summed E-state index contributed by atoms with van der Waals surface area (Å²) in [7, 11) is 0. The molecule has 3 aromatic rings. The van der Waals surface area contributed by atoms with Crippen LogP contribution in [0.4, 0.5) is 5.82 Å². The Morgan fingerprint density at radius 2 is 2.00 bits per heavy atom. The summed E-state index contributed by atoms with van der Waals surface area (Å²) in [6.07, 6.45) is 3.15. The van der Waals surface area contributed by atoms with E-state index in [9.17, 15) is 0 Å². The van der Waals surface area contributed by atoms with E-state index in [1.165, 1.54) is 0 Å². The average Bonchev–Trinajstić information content (AvgIpc) is 2.79. The maximum atomic E-state index is 7.11. The zero-order valence-corrected chi connectivity index (χ0v) is 10.1. The molecule has 5 heteroatoms. The number of para-hydroxylation sites is 1. The van der Waals surface area contributed by atoms with Gasteiger partial charge in [0.1, 0.15) is 5.69 Å². The van der Waals surface area contributed by atoms with Crippen molar-refractivity contribution in [2.24, 2.45) is 0 Å². The molecule has 2 heterocycles. The van der Waals surface area contributed by atoms with Crippen LogP contribution in [0.2, 0.25) is 0 Å². The lowest BCUT2D eigenvalue weighted by molar-refractivity contribution is 1.18. The summed E-state index contributed by atoms with van der Waals surface area (Å²) >= 11 is 0. The third-order valence-electron chi connectivity index (χ3n) is 3.01. The van der Waals surface area contributed by atoms with Crippen LogP contribution in [0.5, 0.6) is 0 Å². The molecule has 1 aromatic carbocycles. The SMILES string of the molecule is [C-]#[N+]Cc1c(-c2nccnc2N)[nH]c2ccccc12. The topological polar surface area (TPSA) is 71.9 Å². The van der Waals surface area contributed by atoms with Gasteiger partial charge >= 0.3 is 0 Å². The molecule has 3 N–H and O–H groups in total. The first-order valence-corrected chi connectivity index (χ1v) is 5.81. The standard InChI is InChI=1S/C14H11N5/c1-16-8-10-9-4-2-3-5-11(9)19-12(10)13-14(15)18-7-6-17-13/h2-7,19H,8H2,(H2,15,18). The number of hydrogen-bond acceptors (Lipinski definition) is 3. The molecule has 0 unspecified atom stereocenters. The van der Waals surface area contributed by atoms with Crippen molar-refractivity contribution in [3.63, 3.8) is 0 Å². The highest BCUT2D eigenvalue weighted by molar-refractivity contribution is 5.91. The molecule has 0 aliphatic heterocycles. The molecule has 0 saturated carbocycles. The summed E-state index contributed by atoms with van der Waals surface area (Å²) in [5, 5.41) is 1.03. The molecule has 19 heavy (non-hydrogen) atoms. The summed E-state index contributed by atoms with van der Waals surface area (Å²) in [4.78, 5) is 15.1. The maximum absolute atomic E-state index is 7.11. The van der Waals surface area contributed by atoms with Crippen molar-refractivity contribution >= 4 is 16.7 Å². The van der Waals surface area contributed by atoms with Gasteiger partial charge in [-0.25, -0.2) is 16.5 Å². The smallest absolute Gasteiger partial charge is 0.242 e. The molecular formula is C14H11N5. The first-order chi connectivity index (χ1) is 9.31. The van der Waals surface area contributed by atoms with Crippen molar-refractivity contribution in [2.45, 2.75) is 6.54 Å². The molecule has 0 saturated heterocycles. The van der Waals surface area contributed by atoms with Crippen LogP contribution in [-0.2, 0) is 6.54 Å². The molecule has 0 amide bonds. The van der Waals surface area contributed by atoms with Crippen LogP contribution in [-0.4, -0.2) is 15.0 Å². The Balaban J connectivity index is 2.32. The first-order valence-electron chi connectivity index (χ1n) is 5.81. The normalized spacial score (nSPS) is 10.5. The number of hydrogen-bond donors (Lipinski definition) is 2. The van der Waals surface area contributed by atoms with Gasteiger partial charge in [-0.15, -0.1) is 0 Å². The highest BCUT2D eigenvalue weighted by Crippen LogP contribution is 2.31. The number of aromatic nitrogens is 3. The van der Waals surface area contributed by atoms with Crippen LogP contribution in [0.15, 0.2) is 36.7 Å². The van der Waals surface area contributed by atoms with E-state index in [0.29, 0.717) is 11.5 Å². The highest BCUT2D eigenvalue weighted by atomic mass is 14.9. The Morgan fingerprint density at radius 3 is 2.79 bits per heavy atom. The molecule has 0 aliphatic carbocycles. The van der Waals surface area contributed by atoms with Crippen molar-refractivity contribution in [3.8, 4) is 11.4 Å². The minimum atomic E-state index is 0.287. The lowest BCUT2D eigenvalue weighted by Crippen LogP contribution is -1.97. The maximum Gasteiger partial charge on any atom is 0.242 e. The second-order valence-corrected chi connectivity index (χ2v) is 4.13. The number of anilines is 1. The number of rotatable bonds is 2. The number of benzene rings is 1. The number of aromatic amines is 1. The molecule has 0 radical (unpaired) electrons. The second-order valence-electron chi connectivity index (χ2n) is 4.13. The van der Waals surface area contributed by atoms with Gasteiger partial charge in [0.15, 0.2) is 5.82 Å². The number of nitrogen functional groups attached to an aromatic ring is 1. The minimum Gasteiger partial charge on any atom is -0.382 e. The lowest BCUT2D eigenvalue weighted by atomic mass is 10.1. The average molecular weight is 249 g/mol. The van der Waals surface area contributed by atoms with Gasteiger partial charge in [0.25, 0.3) is 0 Å². The molecule has 3 rings (SSSR count). The quantitative estimate of drug-likeness (QED) is 0.686. The van der Waals surface area contributed by atoms with Gasteiger partial charge in [0.2, 0.25) is 6.54 Å². The number of nitrogens with one attached hydrogen (secondary N) is 1. The van der Waals surface area contributed by atoms with E-state index in [4.69, 9.17) is 12.3 Å². The predicted octanol–water partition coefficient (Wildman–Crippen LogP) is 2.63. The van der Waals surface area contributed by atoms with E-state index in [2.05, 4.69) is 19.8 Å². The number of fused-ring (bicyclic) bond motifs is 1. The molecule has 2 aromatic heterocycles. The Morgan fingerprint density at radius 1 is 1.21 bits per heavy atom.